The second-order valence-electron chi connectivity index (χ2n) is 14.1. The summed E-state index contributed by atoms with van der Waals surface area (Å²) in [6.45, 7) is 13.1. The summed E-state index contributed by atoms with van der Waals surface area (Å²) in [4.78, 5) is 51.6. The number of methoxy groups -OCH3 is 2. The van der Waals surface area contributed by atoms with Crippen LogP contribution in [0.5, 0.6) is 0 Å². The Morgan fingerprint density at radius 3 is 2.38 bits per heavy atom. The second-order valence-corrected chi connectivity index (χ2v) is 14.1. The Balaban J connectivity index is 1.75. The van der Waals surface area contributed by atoms with Crippen LogP contribution in [0.1, 0.15) is 77.3 Å². The summed E-state index contributed by atoms with van der Waals surface area (Å²) in [6, 6.07) is 6.73. The van der Waals surface area contributed by atoms with Gasteiger partial charge in [-0.3, -0.25) is 9.59 Å². The van der Waals surface area contributed by atoms with Crippen LogP contribution in [-0.4, -0.2) is 112 Å². The van der Waals surface area contributed by atoms with Crippen molar-refractivity contribution in [2.45, 2.75) is 91.5 Å². The van der Waals surface area contributed by atoms with Crippen molar-refractivity contribution >= 4 is 28.9 Å². The lowest BCUT2D eigenvalue weighted by molar-refractivity contribution is -0.142. The fourth-order valence-corrected chi connectivity index (χ4v) is 7.21. The lowest BCUT2D eigenvalue weighted by Crippen LogP contribution is -2.66. The van der Waals surface area contributed by atoms with Gasteiger partial charge in [-0.15, -0.1) is 0 Å². The molecule has 250 valence electrons. The van der Waals surface area contributed by atoms with E-state index in [1.807, 2.05) is 59.4 Å². The lowest BCUT2D eigenvalue weighted by Gasteiger charge is -2.52. The molecule has 1 aromatic heterocycles. The number of likely N-dealkylation sites (tertiary alicyclic amines) is 2. The number of carbonyl (C=O) groups is 3. The van der Waals surface area contributed by atoms with Crippen LogP contribution < -0.4 is 0 Å². The molecule has 0 bridgehead atoms. The molecule has 1 unspecified atom stereocenters. The van der Waals surface area contributed by atoms with E-state index in [-0.39, 0.29) is 30.4 Å². The summed E-state index contributed by atoms with van der Waals surface area (Å²) in [6.07, 6.45) is 2.62. The molecule has 11 heteroatoms. The number of carboxylic acid groups (broad SMARTS) is 1. The van der Waals surface area contributed by atoms with Crippen molar-refractivity contribution in [2.24, 2.45) is 17.3 Å². The van der Waals surface area contributed by atoms with Crippen LogP contribution in [0.2, 0.25) is 0 Å². The molecule has 3 heterocycles. The van der Waals surface area contributed by atoms with Crippen molar-refractivity contribution in [1.29, 1.82) is 0 Å². The average molecular weight is 628 g/mol. The molecule has 2 aliphatic heterocycles. The summed E-state index contributed by atoms with van der Waals surface area (Å²) in [7, 11) is 3.38. The Morgan fingerprint density at radius 2 is 1.78 bits per heavy atom. The van der Waals surface area contributed by atoms with Gasteiger partial charge in [0.05, 0.1) is 35.1 Å². The van der Waals surface area contributed by atoms with Gasteiger partial charge in [-0.05, 0) is 55.6 Å². The van der Waals surface area contributed by atoms with Gasteiger partial charge < -0.3 is 33.8 Å². The fraction of sp³-hybridized carbons (Fsp3) is 0.706. The number of fused-ring (bicyclic) bond motifs is 1. The van der Waals surface area contributed by atoms with Gasteiger partial charge in [-0.2, -0.15) is 0 Å². The predicted octanol–water partition coefficient (Wildman–Crippen LogP) is 4.98. The van der Waals surface area contributed by atoms with Crippen molar-refractivity contribution in [3.05, 3.63) is 30.1 Å². The monoisotopic (exact) mass is 627 g/mol. The van der Waals surface area contributed by atoms with E-state index in [1.54, 1.807) is 14.2 Å². The van der Waals surface area contributed by atoms with E-state index in [9.17, 15) is 19.5 Å². The minimum atomic E-state index is -1.07. The summed E-state index contributed by atoms with van der Waals surface area (Å²) in [5, 5.41) is 10.5. The molecule has 3 atom stereocenters. The number of hydrogen-bond acceptors (Lipinski definition) is 6. The van der Waals surface area contributed by atoms with Crippen molar-refractivity contribution in [3.63, 3.8) is 0 Å². The Morgan fingerprint density at radius 1 is 1.09 bits per heavy atom. The van der Waals surface area contributed by atoms with E-state index in [2.05, 4.69) is 13.8 Å². The summed E-state index contributed by atoms with van der Waals surface area (Å²) < 4.78 is 12.8. The highest BCUT2D eigenvalue weighted by Crippen LogP contribution is 2.39. The minimum absolute atomic E-state index is 0.0458. The molecule has 2 aliphatic rings. The number of nitrogens with zero attached hydrogens (tertiary/aromatic N) is 5. The first-order valence-corrected chi connectivity index (χ1v) is 16.4. The molecule has 3 amide bonds. The Hall–Kier alpha value is -3.18. The van der Waals surface area contributed by atoms with E-state index in [0.717, 1.165) is 36.7 Å². The molecule has 4 rings (SSSR count). The van der Waals surface area contributed by atoms with E-state index < -0.39 is 29.5 Å². The first kappa shape index (κ1) is 34.7. The quantitative estimate of drug-likeness (QED) is 0.349. The molecule has 2 fully saturated rings. The van der Waals surface area contributed by atoms with Crippen molar-refractivity contribution in [3.8, 4) is 0 Å². The van der Waals surface area contributed by atoms with E-state index in [4.69, 9.17) is 14.5 Å². The number of amides is 3. The highest BCUT2D eigenvalue weighted by Gasteiger charge is 2.50. The van der Waals surface area contributed by atoms with E-state index >= 15 is 0 Å². The molecular weight excluding hydrogens is 574 g/mol. The maximum absolute atomic E-state index is 14.8. The third-order valence-corrected chi connectivity index (χ3v) is 9.26. The number of para-hydroxylation sites is 2. The molecule has 0 aliphatic carbocycles. The molecule has 11 nitrogen and oxygen atoms in total. The van der Waals surface area contributed by atoms with Crippen molar-refractivity contribution in [2.75, 3.05) is 47.0 Å². The summed E-state index contributed by atoms with van der Waals surface area (Å²) in [5.41, 5.74) is 1.13. The molecule has 0 saturated carbocycles. The number of carbonyl (C=O) groups excluding carboxylic acids is 2. The van der Waals surface area contributed by atoms with Crippen LogP contribution in [0.4, 0.5) is 4.79 Å². The smallest absolute Gasteiger partial charge is 0.407 e. The van der Waals surface area contributed by atoms with Gasteiger partial charge in [0.1, 0.15) is 0 Å². The topological polar surface area (TPSA) is 117 Å². The predicted molar refractivity (Wildman–Crippen MR) is 173 cm³/mol. The van der Waals surface area contributed by atoms with E-state index in [0.29, 0.717) is 45.0 Å². The van der Waals surface area contributed by atoms with Gasteiger partial charge in [-0.25, -0.2) is 9.78 Å². The zero-order valence-corrected chi connectivity index (χ0v) is 28.2. The molecule has 2 aromatic rings. The van der Waals surface area contributed by atoms with Gasteiger partial charge >= 0.3 is 6.09 Å². The van der Waals surface area contributed by atoms with Crippen LogP contribution in [0.25, 0.3) is 11.0 Å². The van der Waals surface area contributed by atoms with Crippen LogP contribution in [-0.2, 0) is 20.8 Å². The van der Waals surface area contributed by atoms with Gasteiger partial charge in [0.15, 0.2) is 5.82 Å². The van der Waals surface area contributed by atoms with Gasteiger partial charge in [0, 0.05) is 53.6 Å². The average Bonchev–Trinajstić information content (AvgIpc) is 3.38. The zero-order chi connectivity index (χ0) is 32.9. The third kappa shape index (κ3) is 7.98. The third-order valence-electron chi connectivity index (χ3n) is 9.26. The Labute approximate surface area is 267 Å². The molecule has 45 heavy (non-hydrogen) atoms. The lowest BCUT2D eigenvalue weighted by atomic mass is 9.74. The highest BCUT2D eigenvalue weighted by molar-refractivity contribution is 5.95. The molecular formula is C34H53N5O6. The van der Waals surface area contributed by atoms with Crippen LogP contribution in [0, 0.1) is 17.3 Å². The molecule has 1 aromatic carbocycles. The molecule has 2 saturated heterocycles. The second kappa shape index (κ2) is 14.9. The van der Waals surface area contributed by atoms with Gasteiger partial charge in [-0.1, -0.05) is 46.8 Å². The summed E-state index contributed by atoms with van der Waals surface area (Å²) in [5.74, 6) is -0.379. The maximum Gasteiger partial charge on any atom is 0.407 e. The van der Waals surface area contributed by atoms with Crippen LogP contribution in [0.3, 0.4) is 0 Å². The van der Waals surface area contributed by atoms with Gasteiger partial charge in [0.2, 0.25) is 5.91 Å². The molecule has 0 radical (unpaired) electrons. The van der Waals surface area contributed by atoms with Gasteiger partial charge in [0.25, 0.3) is 5.91 Å². The maximum atomic E-state index is 14.8. The number of ether oxygens (including phenoxy) is 2. The summed E-state index contributed by atoms with van der Waals surface area (Å²) >= 11 is 0. The number of imidazole rings is 1. The number of aryl methyl sites for hydroxylation is 1. The Kier molecular flexibility index (Phi) is 11.5. The number of unbranched alkanes of at least 4 members (excludes halogenated alkanes) is 1. The number of hydrogen-bond donors (Lipinski definition) is 1. The first-order valence-electron chi connectivity index (χ1n) is 16.4. The zero-order valence-electron chi connectivity index (χ0n) is 28.2. The fourth-order valence-electron chi connectivity index (χ4n) is 7.21. The highest BCUT2D eigenvalue weighted by atomic mass is 16.5. The molecule has 0 spiro atoms. The van der Waals surface area contributed by atoms with Crippen LogP contribution in [0.15, 0.2) is 24.3 Å². The number of piperidine rings is 2. The normalized spacial score (nSPS) is 21.5. The van der Waals surface area contributed by atoms with Crippen molar-refractivity contribution in [1.82, 2.24) is 24.3 Å². The van der Waals surface area contributed by atoms with Crippen molar-refractivity contribution < 1.29 is 29.0 Å². The number of benzene rings is 1. The molecule has 1 N–H and O–H groups in total. The minimum Gasteiger partial charge on any atom is -0.465 e. The Bertz CT molecular complexity index is 1310. The largest absolute Gasteiger partial charge is 0.465 e. The standard InChI is InChI=1S/C34H53N5O6/c1-23(2)21-38(32(41)30-35-26-12-8-9-13-27(26)37(30)16-10-11-19-44-6)28-20-24(22-39(33(42)43)29(28)34(3,4)5)31(40)36-17-14-25(45-7)15-18-36/h8-9,12-13,23-25,28-29H,10-11,14-22H2,1-7H3,(H,42,43)/t24-,28+,29?/m1/s1. The number of aromatic nitrogens is 2. The first-order chi connectivity index (χ1) is 21.4. The SMILES string of the molecule is COCCCCn1c(C(=O)N(CC(C)C)[C@H]2C[C@@H](C(=O)N3CCC(OC)CC3)CN(C(=O)O)C2C(C)(C)C)nc2ccccc21. The van der Waals surface area contributed by atoms with Crippen LogP contribution >= 0.6 is 0 Å². The number of rotatable bonds is 11. The van der Waals surface area contributed by atoms with E-state index in [1.165, 1.54) is 4.90 Å².